The molecule has 1 aromatic heterocycles. The van der Waals surface area contributed by atoms with Gasteiger partial charge in [0.1, 0.15) is 5.82 Å². The summed E-state index contributed by atoms with van der Waals surface area (Å²) >= 11 is 0. The van der Waals surface area contributed by atoms with E-state index >= 15 is 0 Å². The van der Waals surface area contributed by atoms with Crippen LogP contribution in [0.15, 0.2) is 36.7 Å². The van der Waals surface area contributed by atoms with E-state index in [0.717, 1.165) is 55.6 Å². The van der Waals surface area contributed by atoms with Crippen molar-refractivity contribution in [3.8, 4) is 0 Å². The van der Waals surface area contributed by atoms with Crippen molar-refractivity contribution in [2.45, 2.75) is 32.3 Å². The number of ether oxygens (including phenoxy) is 1. The summed E-state index contributed by atoms with van der Waals surface area (Å²) in [5.41, 5.74) is 8.32. The topological polar surface area (TPSA) is 81.3 Å². The SMILES string of the molecule is COCc1cccc(C(=O)N2CCCC(Cc3cnc(N)cn3)CC2)c1. The highest BCUT2D eigenvalue weighted by molar-refractivity contribution is 5.94. The standard InChI is InChI=1S/C20H26N4O2/c1-26-14-16-4-2-6-17(10-16)20(25)24-8-3-5-15(7-9-24)11-18-12-23-19(21)13-22-18/h2,4,6,10,12-13,15H,3,5,7-9,11,14H2,1H3,(H2,21,23). The number of aromatic nitrogens is 2. The molecular formula is C20H26N4O2. The van der Waals surface area contributed by atoms with Gasteiger partial charge in [0.05, 0.1) is 24.7 Å². The molecular weight excluding hydrogens is 328 g/mol. The van der Waals surface area contributed by atoms with Gasteiger partial charge in [-0.2, -0.15) is 0 Å². The number of nitrogens with two attached hydrogens (primary N) is 1. The van der Waals surface area contributed by atoms with E-state index in [9.17, 15) is 4.79 Å². The largest absolute Gasteiger partial charge is 0.382 e. The number of hydrogen-bond acceptors (Lipinski definition) is 5. The number of nitrogens with zero attached hydrogens (tertiary/aromatic N) is 3. The van der Waals surface area contributed by atoms with E-state index in [4.69, 9.17) is 10.5 Å². The lowest BCUT2D eigenvalue weighted by Crippen LogP contribution is -2.32. The van der Waals surface area contributed by atoms with Gasteiger partial charge in [-0.25, -0.2) is 4.98 Å². The third-order valence-electron chi connectivity index (χ3n) is 4.84. The normalized spacial score (nSPS) is 17.7. The van der Waals surface area contributed by atoms with Crippen LogP contribution in [0.2, 0.25) is 0 Å². The Balaban J connectivity index is 1.60. The van der Waals surface area contributed by atoms with Crippen LogP contribution >= 0.6 is 0 Å². The van der Waals surface area contributed by atoms with Gasteiger partial charge in [0.15, 0.2) is 0 Å². The van der Waals surface area contributed by atoms with Crippen molar-refractivity contribution in [1.82, 2.24) is 14.9 Å². The predicted molar refractivity (Wildman–Crippen MR) is 101 cm³/mol. The Morgan fingerprint density at radius 3 is 2.92 bits per heavy atom. The van der Waals surface area contributed by atoms with E-state index in [0.29, 0.717) is 18.3 Å². The zero-order valence-electron chi connectivity index (χ0n) is 15.2. The molecule has 1 saturated heterocycles. The highest BCUT2D eigenvalue weighted by atomic mass is 16.5. The first kappa shape index (κ1) is 18.3. The fraction of sp³-hybridized carbons (Fsp3) is 0.450. The van der Waals surface area contributed by atoms with Crippen LogP contribution in [0.3, 0.4) is 0 Å². The number of hydrogen-bond donors (Lipinski definition) is 1. The molecule has 0 bridgehead atoms. The van der Waals surface area contributed by atoms with Gasteiger partial charge < -0.3 is 15.4 Å². The number of carbonyl (C=O) groups is 1. The predicted octanol–water partition coefficient (Wildman–Crippen LogP) is 2.69. The number of anilines is 1. The summed E-state index contributed by atoms with van der Waals surface area (Å²) < 4.78 is 5.16. The molecule has 3 rings (SSSR count). The number of nitrogen functional groups attached to an aromatic ring is 1. The van der Waals surface area contributed by atoms with Crippen LogP contribution in [0.25, 0.3) is 0 Å². The highest BCUT2D eigenvalue weighted by Crippen LogP contribution is 2.22. The van der Waals surface area contributed by atoms with Crippen molar-refractivity contribution in [3.63, 3.8) is 0 Å². The fourth-order valence-corrected chi connectivity index (χ4v) is 3.48. The minimum atomic E-state index is 0.107. The van der Waals surface area contributed by atoms with E-state index in [-0.39, 0.29) is 5.91 Å². The number of likely N-dealkylation sites (tertiary alicyclic amines) is 1. The molecule has 6 nitrogen and oxygen atoms in total. The maximum atomic E-state index is 12.9. The lowest BCUT2D eigenvalue weighted by Gasteiger charge is -2.21. The lowest BCUT2D eigenvalue weighted by atomic mass is 9.95. The number of benzene rings is 1. The molecule has 2 N–H and O–H groups in total. The first-order valence-corrected chi connectivity index (χ1v) is 9.09. The molecule has 1 aromatic carbocycles. The van der Waals surface area contributed by atoms with E-state index < -0.39 is 0 Å². The first-order chi connectivity index (χ1) is 12.7. The van der Waals surface area contributed by atoms with Gasteiger partial charge in [-0.15, -0.1) is 0 Å². The first-order valence-electron chi connectivity index (χ1n) is 9.09. The average molecular weight is 354 g/mol. The molecule has 0 spiro atoms. The van der Waals surface area contributed by atoms with Crippen LogP contribution in [0.1, 0.15) is 40.9 Å². The maximum absolute atomic E-state index is 12.9. The van der Waals surface area contributed by atoms with E-state index in [1.54, 1.807) is 19.5 Å². The molecule has 6 heteroatoms. The van der Waals surface area contributed by atoms with Crippen LogP contribution in [0.5, 0.6) is 0 Å². The van der Waals surface area contributed by atoms with Gasteiger partial charge in [-0.1, -0.05) is 12.1 Å². The Morgan fingerprint density at radius 1 is 1.27 bits per heavy atom. The molecule has 1 amide bonds. The average Bonchev–Trinajstić information content (AvgIpc) is 2.89. The molecule has 1 fully saturated rings. The van der Waals surface area contributed by atoms with Crippen LogP contribution in [-0.4, -0.2) is 41.0 Å². The molecule has 138 valence electrons. The monoisotopic (exact) mass is 354 g/mol. The van der Waals surface area contributed by atoms with Crippen LogP contribution in [-0.2, 0) is 17.8 Å². The number of amides is 1. The van der Waals surface area contributed by atoms with Crippen molar-refractivity contribution in [1.29, 1.82) is 0 Å². The minimum absolute atomic E-state index is 0.107. The zero-order valence-corrected chi connectivity index (χ0v) is 15.2. The summed E-state index contributed by atoms with van der Waals surface area (Å²) in [5.74, 6) is 1.07. The van der Waals surface area contributed by atoms with Crippen LogP contribution in [0.4, 0.5) is 5.82 Å². The minimum Gasteiger partial charge on any atom is -0.382 e. The second-order valence-electron chi connectivity index (χ2n) is 6.86. The van der Waals surface area contributed by atoms with Gasteiger partial charge in [0, 0.05) is 25.8 Å². The fourth-order valence-electron chi connectivity index (χ4n) is 3.48. The highest BCUT2D eigenvalue weighted by Gasteiger charge is 2.22. The Hall–Kier alpha value is -2.47. The summed E-state index contributed by atoms with van der Waals surface area (Å²) in [6, 6.07) is 7.71. The molecule has 1 aliphatic heterocycles. The molecule has 26 heavy (non-hydrogen) atoms. The smallest absolute Gasteiger partial charge is 0.253 e. The summed E-state index contributed by atoms with van der Waals surface area (Å²) in [7, 11) is 1.66. The molecule has 2 heterocycles. The van der Waals surface area contributed by atoms with Gasteiger partial charge in [0.25, 0.3) is 5.91 Å². The molecule has 0 radical (unpaired) electrons. The molecule has 0 saturated carbocycles. The van der Waals surface area contributed by atoms with Crippen molar-refractivity contribution in [2.24, 2.45) is 5.92 Å². The Labute approximate surface area is 154 Å². The van der Waals surface area contributed by atoms with E-state index in [2.05, 4.69) is 9.97 Å². The third-order valence-corrected chi connectivity index (χ3v) is 4.84. The van der Waals surface area contributed by atoms with Gasteiger partial charge in [-0.05, 0) is 49.3 Å². The second-order valence-corrected chi connectivity index (χ2v) is 6.86. The van der Waals surface area contributed by atoms with E-state index in [1.165, 1.54) is 0 Å². The lowest BCUT2D eigenvalue weighted by molar-refractivity contribution is 0.0759. The molecule has 0 aliphatic carbocycles. The van der Waals surface area contributed by atoms with Gasteiger partial charge in [0.2, 0.25) is 0 Å². The Morgan fingerprint density at radius 2 is 2.15 bits per heavy atom. The number of carbonyl (C=O) groups excluding carboxylic acids is 1. The second kappa shape index (κ2) is 8.76. The van der Waals surface area contributed by atoms with E-state index in [1.807, 2.05) is 29.2 Å². The van der Waals surface area contributed by atoms with Gasteiger partial charge in [-0.3, -0.25) is 9.78 Å². The van der Waals surface area contributed by atoms with Gasteiger partial charge >= 0.3 is 0 Å². The zero-order chi connectivity index (χ0) is 18.4. The van der Waals surface area contributed by atoms with Crippen molar-refractivity contribution in [2.75, 3.05) is 25.9 Å². The number of methoxy groups -OCH3 is 1. The summed E-state index contributed by atoms with van der Waals surface area (Å²) in [5, 5.41) is 0. The van der Waals surface area contributed by atoms with Crippen LogP contribution in [0, 0.1) is 5.92 Å². The molecule has 2 aromatic rings. The Bertz CT molecular complexity index is 733. The summed E-state index contributed by atoms with van der Waals surface area (Å²) in [6.07, 6.45) is 7.34. The van der Waals surface area contributed by atoms with Crippen LogP contribution < -0.4 is 5.73 Å². The summed E-state index contributed by atoms with van der Waals surface area (Å²) in [6.45, 7) is 2.10. The molecule has 1 unspecified atom stereocenters. The van der Waals surface area contributed by atoms with Crippen molar-refractivity contribution in [3.05, 3.63) is 53.5 Å². The summed E-state index contributed by atoms with van der Waals surface area (Å²) in [4.78, 5) is 23.3. The molecule has 1 atom stereocenters. The van der Waals surface area contributed by atoms with Crippen molar-refractivity contribution >= 4 is 11.7 Å². The quantitative estimate of drug-likeness (QED) is 0.893. The third kappa shape index (κ3) is 4.79. The number of rotatable bonds is 5. The Kier molecular flexibility index (Phi) is 6.17. The van der Waals surface area contributed by atoms with Crippen molar-refractivity contribution < 1.29 is 9.53 Å². The maximum Gasteiger partial charge on any atom is 0.253 e. The molecule has 1 aliphatic rings.